The maximum atomic E-state index is 2.38. The van der Waals surface area contributed by atoms with E-state index >= 15 is 0 Å². The first-order valence-electron chi connectivity index (χ1n) is 17.1. The quantitative estimate of drug-likeness (QED) is 0.167. The highest BCUT2D eigenvalue weighted by Gasteiger charge is 2.16. The number of rotatable bonds is 5. The van der Waals surface area contributed by atoms with E-state index in [1.54, 1.807) is 0 Å². The Hall–Kier alpha value is -6.22. The van der Waals surface area contributed by atoms with Gasteiger partial charge in [0.15, 0.2) is 0 Å². The minimum Gasteiger partial charge on any atom is -0.310 e. The minimum absolute atomic E-state index is 1.12. The summed E-state index contributed by atoms with van der Waals surface area (Å²) in [6.45, 7) is 0. The van der Waals surface area contributed by atoms with Crippen molar-refractivity contribution < 1.29 is 0 Å². The standard InChI is InChI=1S/C48H31NS/c1-2-8-32(9-3-1)33-16-22-39(23-17-33)49(41-26-29-45-46-28-20-36-11-5-7-13-44(36)48(46)50-47(45)31-41)40-24-18-34(19-25-40)37-21-27-43-38(30-37)15-14-35-10-4-6-12-42(35)43/h1-31H. The van der Waals surface area contributed by atoms with Gasteiger partial charge in [-0.2, -0.15) is 0 Å². The maximum absolute atomic E-state index is 2.38. The SMILES string of the molecule is c1ccc(-c2ccc(N(c3ccc(-c4ccc5c(ccc6ccccc65)c4)cc3)c3ccc4c(c3)sc3c5ccccc5ccc43)cc2)cc1. The molecule has 0 aliphatic carbocycles. The van der Waals surface area contributed by atoms with E-state index < -0.39 is 0 Å². The van der Waals surface area contributed by atoms with E-state index in [0.29, 0.717) is 0 Å². The number of thiophene rings is 1. The molecule has 0 saturated carbocycles. The van der Waals surface area contributed by atoms with Crippen molar-refractivity contribution in [3.63, 3.8) is 0 Å². The van der Waals surface area contributed by atoms with Crippen molar-refractivity contribution in [2.45, 2.75) is 0 Å². The van der Waals surface area contributed by atoms with Crippen molar-refractivity contribution in [3.8, 4) is 22.3 Å². The number of nitrogens with zero attached hydrogens (tertiary/aromatic N) is 1. The molecule has 10 rings (SSSR count). The van der Waals surface area contributed by atoms with Crippen LogP contribution in [0, 0.1) is 0 Å². The zero-order chi connectivity index (χ0) is 33.0. The summed E-state index contributed by atoms with van der Waals surface area (Å²) in [5.41, 5.74) is 8.25. The lowest BCUT2D eigenvalue weighted by molar-refractivity contribution is 1.29. The van der Waals surface area contributed by atoms with E-state index in [1.165, 1.54) is 74.7 Å². The summed E-state index contributed by atoms with van der Waals surface area (Å²) in [5.74, 6) is 0. The lowest BCUT2D eigenvalue weighted by atomic mass is 9.97. The van der Waals surface area contributed by atoms with Crippen LogP contribution in [0.15, 0.2) is 188 Å². The van der Waals surface area contributed by atoms with Gasteiger partial charge in [-0.3, -0.25) is 0 Å². The first kappa shape index (κ1) is 28.8. The fraction of sp³-hybridized carbons (Fsp3) is 0. The highest BCUT2D eigenvalue weighted by Crippen LogP contribution is 2.43. The molecular weight excluding hydrogens is 623 g/mol. The third-order valence-electron chi connectivity index (χ3n) is 10.0. The van der Waals surface area contributed by atoms with Gasteiger partial charge < -0.3 is 4.90 Å². The predicted molar refractivity (Wildman–Crippen MR) is 217 cm³/mol. The Morgan fingerprint density at radius 3 is 1.56 bits per heavy atom. The zero-order valence-electron chi connectivity index (χ0n) is 27.3. The van der Waals surface area contributed by atoms with Gasteiger partial charge in [0.2, 0.25) is 0 Å². The molecule has 0 saturated heterocycles. The van der Waals surface area contributed by atoms with Gasteiger partial charge in [0.1, 0.15) is 0 Å². The Bertz CT molecular complexity index is 2850. The molecule has 0 unspecified atom stereocenters. The number of fused-ring (bicyclic) bond motifs is 8. The Balaban J connectivity index is 1.08. The van der Waals surface area contributed by atoms with Gasteiger partial charge in [-0.1, -0.05) is 146 Å². The summed E-state index contributed by atoms with van der Waals surface area (Å²) in [4.78, 5) is 2.38. The molecule has 0 N–H and O–H groups in total. The topological polar surface area (TPSA) is 3.24 Å². The Morgan fingerprint density at radius 1 is 0.300 bits per heavy atom. The molecule has 0 aliphatic rings. The molecule has 2 heteroatoms. The van der Waals surface area contributed by atoms with Crippen molar-refractivity contribution in [2.24, 2.45) is 0 Å². The van der Waals surface area contributed by atoms with E-state index in [-0.39, 0.29) is 0 Å². The molecule has 0 spiro atoms. The third-order valence-corrected chi connectivity index (χ3v) is 11.2. The van der Waals surface area contributed by atoms with E-state index in [9.17, 15) is 0 Å². The van der Waals surface area contributed by atoms with Crippen LogP contribution in [0.1, 0.15) is 0 Å². The van der Waals surface area contributed by atoms with Crippen molar-refractivity contribution >= 4 is 80.9 Å². The number of anilines is 3. The highest BCUT2D eigenvalue weighted by atomic mass is 32.1. The van der Waals surface area contributed by atoms with Crippen molar-refractivity contribution in [1.29, 1.82) is 0 Å². The molecule has 50 heavy (non-hydrogen) atoms. The van der Waals surface area contributed by atoms with Crippen molar-refractivity contribution in [2.75, 3.05) is 4.90 Å². The summed E-state index contributed by atoms with van der Waals surface area (Å²) in [7, 11) is 0. The van der Waals surface area contributed by atoms with Gasteiger partial charge in [0.25, 0.3) is 0 Å². The van der Waals surface area contributed by atoms with Crippen LogP contribution in [-0.2, 0) is 0 Å². The monoisotopic (exact) mass is 653 g/mol. The molecule has 234 valence electrons. The first-order chi connectivity index (χ1) is 24.8. The molecule has 1 aromatic heterocycles. The van der Waals surface area contributed by atoms with Crippen LogP contribution < -0.4 is 4.90 Å². The average Bonchev–Trinajstić information content (AvgIpc) is 3.57. The summed E-state index contributed by atoms with van der Waals surface area (Å²) < 4.78 is 2.64. The Morgan fingerprint density at radius 2 is 0.800 bits per heavy atom. The van der Waals surface area contributed by atoms with Gasteiger partial charge in [-0.05, 0) is 97.0 Å². The minimum atomic E-state index is 1.12. The summed E-state index contributed by atoms with van der Waals surface area (Å²) in [5, 5.41) is 10.3. The third kappa shape index (κ3) is 4.84. The Kier molecular flexibility index (Phi) is 6.75. The molecule has 0 atom stereocenters. The van der Waals surface area contributed by atoms with E-state index in [4.69, 9.17) is 0 Å². The zero-order valence-corrected chi connectivity index (χ0v) is 28.1. The second-order valence-electron chi connectivity index (χ2n) is 13.0. The van der Waals surface area contributed by atoms with Crippen LogP contribution in [0.4, 0.5) is 17.1 Å². The van der Waals surface area contributed by atoms with Gasteiger partial charge in [0, 0.05) is 37.2 Å². The smallest absolute Gasteiger partial charge is 0.0476 e. The van der Waals surface area contributed by atoms with E-state index in [0.717, 1.165) is 17.1 Å². The first-order valence-corrected chi connectivity index (χ1v) is 17.9. The molecule has 0 amide bonds. The second-order valence-corrected chi connectivity index (χ2v) is 14.0. The van der Waals surface area contributed by atoms with Gasteiger partial charge >= 0.3 is 0 Å². The maximum Gasteiger partial charge on any atom is 0.0476 e. The van der Waals surface area contributed by atoms with Gasteiger partial charge in [-0.25, -0.2) is 0 Å². The van der Waals surface area contributed by atoms with Crippen LogP contribution in [-0.4, -0.2) is 0 Å². The van der Waals surface area contributed by atoms with Crippen LogP contribution in [0.5, 0.6) is 0 Å². The van der Waals surface area contributed by atoms with Crippen molar-refractivity contribution in [1.82, 2.24) is 0 Å². The summed E-state index contributed by atoms with van der Waals surface area (Å²) >= 11 is 1.89. The second kappa shape index (κ2) is 11.7. The lowest BCUT2D eigenvalue weighted by Crippen LogP contribution is -2.09. The van der Waals surface area contributed by atoms with Gasteiger partial charge in [0.05, 0.1) is 0 Å². The molecule has 0 aliphatic heterocycles. The van der Waals surface area contributed by atoms with Crippen molar-refractivity contribution in [3.05, 3.63) is 188 Å². The highest BCUT2D eigenvalue weighted by molar-refractivity contribution is 7.26. The Labute approximate surface area is 294 Å². The molecule has 0 fully saturated rings. The summed E-state index contributed by atoms with van der Waals surface area (Å²) in [6.07, 6.45) is 0. The molecule has 1 nitrogen and oxygen atoms in total. The number of hydrogen-bond donors (Lipinski definition) is 0. The molecule has 1 heterocycles. The predicted octanol–water partition coefficient (Wildman–Crippen LogP) is 14.3. The lowest BCUT2D eigenvalue weighted by Gasteiger charge is -2.26. The van der Waals surface area contributed by atoms with Crippen LogP contribution in [0.25, 0.3) is 74.7 Å². The van der Waals surface area contributed by atoms with E-state index in [1.807, 2.05) is 11.3 Å². The molecule has 10 aromatic rings. The normalized spacial score (nSPS) is 11.6. The van der Waals surface area contributed by atoms with Gasteiger partial charge in [-0.15, -0.1) is 11.3 Å². The average molecular weight is 654 g/mol. The molecule has 9 aromatic carbocycles. The van der Waals surface area contributed by atoms with E-state index in [2.05, 4.69) is 193 Å². The molecular formula is C48H31NS. The van der Waals surface area contributed by atoms with Crippen LogP contribution >= 0.6 is 11.3 Å². The largest absolute Gasteiger partial charge is 0.310 e. The fourth-order valence-electron chi connectivity index (χ4n) is 7.51. The van der Waals surface area contributed by atoms with Crippen LogP contribution in [0.3, 0.4) is 0 Å². The molecule has 0 radical (unpaired) electrons. The molecule has 0 bridgehead atoms. The van der Waals surface area contributed by atoms with Crippen LogP contribution in [0.2, 0.25) is 0 Å². The summed E-state index contributed by atoms with van der Waals surface area (Å²) in [6, 6.07) is 68.7. The fourth-order valence-corrected chi connectivity index (χ4v) is 8.78. The number of hydrogen-bond acceptors (Lipinski definition) is 2. The number of benzene rings is 9.